The van der Waals surface area contributed by atoms with Crippen LogP contribution in [-0.2, 0) is 4.74 Å². The second kappa shape index (κ2) is 7.58. The van der Waals surface area contributed by atoms with Crippen LogP contribution in [0.1, 0.15) is 39.0 Å². The molecule has 0 aromatic rings. The van der Waals surface area contributed by atoms with Gasteiger partial charge in [0.15, 0.2) is 0 Å². The van der Waals surface area contributed by atoms with Gasteiger partial charge in [-0.25, -0.2) is 4.79 Å². The van der Waals surface area contributed by atoms with Gasteiger partial charge in [0.25, 0.3) is 0 Å². The number of hydrogen-bond acceptors (Lipinski definition) is 4. The van der Waals surface area contributed by atoms with Gasteiger partial charge in [-0.2, -0.15) is 0 Å². The molecule has 1 spiro atoms. The van der Waals surface area contributed by atoms with E-state index >= 15 is 0 Å². The van der Waals surface area contributed by atoms with Crippen LogP contribution in [0.15, 0.2) is 0 Å². The molecule has 3 fully saturated rings. The lowest BCUT2D eigenvalue weighted by Crippen LogP contribution is -2.65. The molecule has 0 unspecified atom stereocenters. The lowest BCUT2D eigenvalue weighted by molar-refractivity contribution is -0.126. The van der Waals surface area contributed by atoms with Gasteiger partial charge >= 0.3 is 6.03 Å². The third-order valence-electron chi connectivity index (χ3n) is 6.47. The smallest absolute Gasteiger partial charge is 0.315 e. The molecule has 0 bridgehead atoms. The Hall–Kier alpha value is -0.850. The highest BCUT2D eigenvalue weighted by Gasteiger charge is 2.57. The number of urea groups is 1. The summed E-state index contributed by atoms with van der Waals surface area (Å²) >= 11 is 0. The zero-order valence-corrected chi connectivity index (χ0v) is 15.5. The van der Waals surface area contributed by atoms with Crippen molar-refractivity contribution < 1.29 is 9.53 Å². The number of piperazine rings is 1. The second-order valence-corrected chi connectivity index (χ2v) is 7.92. The van der Waals surface area contributed by atoms with E-state index in [-0.39, 0.29) is 17.5 Å². The Kier molecular flexibility index (Phi) is 5.67. The maximum absolute atomic E-state index is 12.4. The van der Waals surface area contributed by atoms with Crippen LogP contribution >= 0.6 is 0 Å². The first-order chi connectivity index (χ1) is 11.5. The van der Waals surface area contributed by atoms with Gasteiger partial charge in [0, 0.05) is 50.3 Å². The summed E-state index contributed by atoms with van der Waals surface area (Å²) in [6.45, 7) is 6.72. The van der Waals surface area contributed by atoms with Crippen LogP contribution in [0.4, 0.5) is 4.79 Å². The number of ether oxygens (including phenoxy) is 1. The van der Waals surface area contributed by atoms with Crippen molar-refractivity contribution in [3.8, 4) is 0 Å². The lowest BCUT2D eigenvalue weighted by Gasteiger charge is -2.54. The summed E-state index contributed by atoms with van der Waals surface area (Å²) < 4.78 is 5.92. The molecule has 2 aliphatic carbocycles. The van der Waals surface area contributed by atoms with Crippen molar-refractivity contribution in [2.24, 2.45) is 5.41 Å². The maximum atomic E-state index is 12.4. The highest BCUT2D eigenvalue weighted by molar-refractivity contribution is 5.74. The number of nitrogens with zero attached hydrogens (tertiary/aromatic N) is 2. The van der Waals surface area contributed by atoms with E-state index in [1.807, 2.05) is 0 Å². The largest absolute Gasteiger partial charge is 0.378 e. The van der Waals surface area contributed by atoms with Gasteiger partial charge in [-0.05, 0) is 40.3 Å². The Morgan fingerprint density at radius 3 is 2.71 bits per heavy atom. The number of hydrogen-bond donors (Lipinski definition) is 2. The first-order valence-corrected chi connectivity index (χ1v) is 9.60. The second-order valence-electron chi connectivity index (χ2n) is 7.92. The number of likely N-dealkylation sites (N-methyl/N-ethyl adjacent to an activating group) is 2. The first-order valence-electron chi connectivity index (χ1n) is 9.60. The van der Waals surface area contributed by atoms with Crippen LogP contribution in [0, 0.1) is 5.41 Å². The topological polar surface area (TPSA) is 56.8 Å². The highest BCUT2D eigenvalue weighted by atomic mass is 16.5. The van der Waals surface area contributed by atoms with Crippen LogP contribution in [0.25, 0.3) is 0 Å². The highest BCUT2D eigenvalue weighted by Crippen LogP contribution is 2.54. The van der Waals surface area contributed by atoms with E-state index in [1.54, 1.807) is 0 Å². The number of nitrogens with one attached hydrogen (secondary N) is 2. The van der Waals surface area contributed by atoms with Crippen LogP contribution in [0.2, 0.25) is 0 Å². The molecular formula is C18H34N4O2. The van der Waals surface area contributed by atoms with Crippen LogP contribution in [0.3, 0.4) is 0 Å². The van der Waals surface area contributed by atoms with E-state index < -0.39 is 0 Å². The molecule has 3 aliphatic rings. The number of carbonyl (C=O) groups excluding carboxylic acids is 1. The van der Waals surface area contributed by atoms with Crippen molar-refractivity contribution >= 4 is 6.03 Å². The SMILES string of the molecule is CCO[C@@H]1C[C@H](NC(=O)NC[C@H]2CN(C)CCN2C)C12CCCC2. The number of carbonyl (C=O) groups is 1. The minimum absolute atomic E-state index is 0.0113. The first kappa shape index (κ1) is 18.0. The zero-order chi connectivity index (χ0) is 17.2. The van der Waals surface area contributed by atoms with Crippen molar-refractivity contribution in [1.29, 1.82) is 0 Å². The van der Waals surface area contributed by atoms with Crippen molar-refractivity contribution in [3.63, 3.8) is 0 Å². The normalized spacial score (nSPS) is 33.4. The molecule has 1 aliphatic heterocycles. The molecule has 6 nitrogen and oxygen atoms in total. The minimum Gasteiger partial charge on any atom is -0.378 e. The van der Waals surface area contributed by atoms with E-state index in [0.29, 0.717) is 18.7 Å². The van der Waals surface area contributed by atoms with Gasteiger partial charge in [0.05, 0.1) is 6.10 Å². The molecule has 2 amide bonds. The Morgan fingerprint density at radius 1 is 1.25 bits per heavy atom. The molecule has 1 saturated heterocycles. The predicted octanol–water partition coefficient (Wildman–Crippen LogP) is 1.27. The lowest BCUT2D eigenvalue weighted by atomic mass is 9.60. The average molecular weight is 338 g/mol. The van der Waals surface area contributed by atoms with Gasteiger partial charge in [0.2, 0.25) is 0 Å². The van der Waals surface area contributed by atoms with E-state index in [4.69, 9.17) is 4.74 Å². The monoisotopic (exact) mass is 338 g/mol. The molecule has 6 heteroatoms. The molecule has 0 aromatic carbocycles. The molecule has 2 saturated carbocycles. The molecule has 1 heterocycles. The van der Waals surface area contributed by atoms with Crippen LogP contribution in [0.5, 0.6) is 0 Å². The standard InChI is InChI=1S/C18H34N4O2/c1-4-24-16-11-15(18(16)7-5-6-8-18)20-17(23)19-12-14-13-21(2)9-10-22(14)3/h14-16H,4-13H2,1-3H3,(H2,19,20,23)/t14-,15-,16+/m0/s1. The number of amides is 2. The Balaban J connectivity index is 1.47. The van der Waals surface area contributed by atoms with Gasteiger partial charge in [-0.15, -0.1) is 0 Å². The van der Waals surface area contributed by atoms with Crippen molar-refractivity contribution in [2.45, 2.75) is 57.2 Å². The molecule has 138 valence electrons. The molecule has 3 rings (SSSR count). The molecular weight excluding hydrogens is 304 g/mol. The van der Waals surface area contributed by atoms with Gasteiger partial charge in [-0.1, -0.05) is 12.8 Å². The third kappa shape index (κ3) is 3.55. The summed E-state index contributed by atoms with van der Waals surface area (Å²) in [6.07, 6.45) is 6.23. The van der Waals surface area contributed by atoms with Crippen LogP contribution < -0.4 is 10.6 Å². The Bertz CT molecular complexity index is 439. The molecule has 0 aromatic heterocycles. The van der Waals surface area contributed by atoms with Gasteiger partial charge in [-0.3, -0.25) is 4.90 Å². The summed E-state index contributed by atoms with van der Waals surface area (Å²) in [7, 11) is 4.29. The Morgan fingerprint density at radius 2 is 2.00 bits per heavy atom. The predicted molar refractivity (Wildman–Crippen MR) is 95.2 cm³/mol. The summed E-state index contributed by atoms with van der Waals surface area (Å²) in [4.78, 5) is 17.1. The number of rotatable bonds is 5. The van der Waals surface area contributed by atoms with Gasteiger partial charge < -0.3 is 20.3 Å². The molecule has 3 atom stereocenters. The van der Waals surface area contributed by atoms with E-state index in [2.05, 4.69) is 41.5 Å². The summed E-state index contributed by atoms with van der Waals surface area (Å²) in [6, 6.07) is 0.665. The fourth-order valence-electron chi connectivity index (χ4n) is 4.83. The zero-order valence-electron chi connectivity index (χ0n) is 15.5. The summed E-state index contributed by atoms with van der Waals surface area (Å²) in [5.74, 6) is 0. The minimum atomic E-state index is -0.0113. The quantitative estimate of drug-likeness (QED) is 0.793. The molecule has 0 radical (unpaired) electrons. The summed E-state index contributed by atoms with van der Waals surface area (Å²) in [5.41, 5.74) is 0.204. The Labute approximate surface area is 146 Å². The van der Waals surface area contributed by atoms with Crippen molar-refractivity contribution in [1.82, 2.24) is 20.4 Å². The average Bonchev–Trinajstić information content (AvgIpc) is 3.07. The maximum Gasteiger partial charge on any atom is 0.315 e. The fourth-order valence-corrected chi connectivity index (χ4v) is 4.83. The van der Waals surface area contributed by atoms with E-state index in [1.165, 1.54) is 25.7 Å². The van der Waals surface area contributed by atoms with Gasteiger partial charge in [0.1, 0.15) is 0 Å². The van der Waals surface area contributed by atoms with E-state index in [9.17, 15) is 4.79 Å². The summed E-state index contributed by atoms with van der Waals surface area (Å²) in [5, 5.41) is 6.34. The van der Waals surface area contributed by atoms with Crippen LogP contribution in [-0.4, -0.2) is 80.9 Å². The van der Waals surface area contributed by atoms with Crippen molar-refractivity contribution in [3.05, 3.63) is 0 Å². The van der Waals surface area contributed by atoms with E-state index in [0.717, 1.165) is 32.7 Å². The molecule has 24 heavy (non-hydrogen) atoms. The fraction of sp³-hybridized carbons (Fsp3) is 0.944. The molecule has 2 N–H and O–H groups in total. The van der Waals surface area contributed by atoms with Crippen molar-refractivity contribution in [2.75, 3.05) is 46.9 Å². The third-order valence-corrected chi connectivity index (χ3v) is 6.47.